The molecule has 0 aromatic carbocycles. The first-order valence-electron chi connectivity index (χ1n) is 5.91. The van der Waals surface area contributed by atoms with E-state index in [2.05, 4.69) is 88.3 Å². The van der Waals surface area contributed by atoms with Crippen LogP contribution in [-0.4, -0.2) is 56.5 Å². The molecule has 0 amide bonds. The Morgan fingerprint density at radius 1 is 0.611 bits per heavy atom. The summed E-state index contributed by atoms with van der Waals surface area (Å²) < 4.78 is 0. The van der Waals surface area contributed by atoms with E-state index < -0.39 is 0 Å². The third kappa shape index (κ3) is 10.5. The molecule has 0 aliphatic carbocycles. The zero-order chi connectivity index (χ0) is 12.5. The van der Waals surface area contributed by atoms with Crippen molar-refractivity contribution in [3.05, 3.63) is 0 Å². The summed E-state index contributed by atoms with van der Waals surface area (Å²) in [5.74, 6) is 10.8. The Kier molecular flexibility index (Phi) is 10.8. The highest BCUT2D eigenvalue weighted by atomic mass is 33.1. The smallest absolute Gasteiger partial charge is 0.0237 e. The highest BCUT2D eigenvalue weighted by molar-refractivity contribution is 8.79. The van der Waals surface area contributed by atoms with E-state index in [1.165, 1.54) is 46.0 Å². The number of hydrogen-bond donors (Lipinski definition) is 0. The lowest BCUT2D eigenvalue weighted by atomic mass is 10.6. The summed E-state index contributed by atoms with van der Waals surface area (Å²) in [5, 5.41) is 1.99. The van der Waals surface area contributed by atoms with E-state index in [1.807, 2.05) is 0 Å². The Morgan fingerprint density at radius 2 is 0.944 bits per heavy atom. The fourth-order valence-electron chi connectivity index (χ4n) is 0.948. The lowest BCUT2D eigenvalue weighted by Crippen LogP contribution is -1.87. The van der Waals surface area contributed by atoms with Crippen molar-refractivity contribution in [3.63, 3.8) is 0 Å². The molecule has 2 atom stereocenters. The lowest BCUT2D eigenvalue weighted by molar-refractivity contribution is 1.28. The number of thioether (sulfide) groups is 2. The second-order valence-electron chi connectivity index (χ2n) is 3.77. The molecular weight excluding hydrogens is 377 g/mol. The third-order valence-electron chi connectivity index (χ3n) is 2.06. The molecule has 2 saturated heterocycles. The molecule has 0 aromatic heterocycles. The minimum Gasteiger partial charge on any atom is -0.156 e. The maximum atomic E-state index is 2.11. The van der Waals surface area contributed by atoms with E-state index in [4.69, 9.17) is 0 Å². The summed E-state index contributed by atoms with van der Waals surface area (Å²) >= 11 is 4.21. The first-order chi connectivity index (χ1) is 8.95. The second-order valence-corrected chi connectivity index (χ2v) is 14.4. The van der Waals surface area contributed by atoms with E-state index in [0.29, 0.717) is 0 Å². The molecular formula is C10H18S8. The summed E-state index contributed by atoms with van der Waals surface area (Å²) in [5.41, 5.74) is 0. The van der Waals surface area contributed by atoms with Crippen molar-refractivity contribution in [3.8, 4) is 0 Å². The van der Waals surface area contributed by atoms with Gasteiger partial charge in [0.15, 0.2) is 0 Å². The normalized spacial score (nSPS) is 25.3. The number of hydrogen-bond acceptors (Lipinski definition) is 8. The van der Waals surface area contributed by atoms with Crippen LogP contribution in [0.25, 0.3) is 0 Å². The molecule has 2 rings (SSSR count). The molecule has 0 spiro atoms. The fraction of sp³-hybridized carbons (Fsp3) is 1.00. The minimum atomic E-state index is 0.994. The van der Waals surface area contributed by atoms with E-state index in [1.54, 1.807) is 0 Å². The van der Waals surface area contributed by atoms with Crippen LogP contribution in [0.15, 0.2) is 0 Å². The zero-order valence-electron chi connectivity index (χ0n) is 10.1. The Hall–Kier alpha value is 2.80. The molecule has 0 radical (unpaired) electrons. The average Bonchev–Trinajstić information content (AvgIpc) is 3.25. The van der Waals surface area contributed by atoms with Gasteiger partial charge in [0.1, 0.15) is 0 Å². The van der Waals surface area contributed by atoms with Crippen molar-refractivity contribution in [1.82, 2.24) is 0 Å². The van der Waals surface area contributed by atoms with Gasteiger partial charge >= 0.3 is 0 Å². The summed E-state index contributed by atoms with van der Waals surface area (Å²) in [4.78, 5) is 0. The fourth-order valence-corrected chi connectivity index (χ4v) is 11.2. The Morgan fingerprint density at radius 3 is 1.28 bits per heavy atom. The average molecular weight is 395 g/mol. The van der Waals surface area contributed by atoms with Gasteiger partial charge in [0.05, 0.1) is 0 Å². The maximum Gasteiger partial charge on any atom is 0.0237 e. The van der Waals surface area contributed by atoms with Crippen LogP contribution < -0.4 is 0 Å². The van der Waals surface area contributed by atoms with Crippen LogP contribution in [0.3, 0.4) is 0 Å². The highest BCUT2D eigenvalue weighted by Gasteiger charge is 2.22. The van der Waals surface area contributed by atoms with Gasteiger partial charge in [0.2, 0.25) is 0 Å². The van der Waals surface area contributed by atoms with E-state index >= 15 is 0 Å². The summed E-state index contributed by atoms with van der Waals surface area (Å²) in [6.45, 7) is 0. The molecule has 2 aliphatic heterocycles. The van der Waals surface area contributed by atoms with Gasteiger partial charge in [-0.3, -0.25) is 0 Å². The monoisotopic (exact) mass is 394 g/mol. The van der Waals surface area contributed by atoms with E-state index in [0.717, 1.165) is 10.5 Å². The van der Waals surface area contributed by atoms with Crippen molar-refractivity contribution in [2.75, 3.05) is 46.0 Å². The molecule has 2 aliphatic rings. The van der Waals surface area contributed by atoms with Gasteiger partial charge in [0, 0.05) is 56.5 Å². The van der Waals surface area contributed by atoms with Crippen LogP contribution in [0.5, 0.6) is 0 Å². The lowest BCUT2D eigenvalue weighted by Gasteiger charge is -2.01. The van der Waals surface area contributed by atoms with Crippen LogP contribution in [-0.2, 0) is 0 Å². The van der Waals surface area contributed by atoms with Crippen molar-refractivity contribution in [2.45, 2.75) is 10.5 Å². The molecule has 0 nitrogen and oxygen atoms in total. The van der Waals surface area contributed by atoms with Gasteiger partial charge < -0.3 is 0 Å². The van der Waals surface area contributed by atoms with Gasteiger partial charge in [-0.05, 0) is 0 Å². The Balaban J connectivity index is 1.19. The molecule has 2 heterocycles. The van der Waals surface area contributed by atoms with Crippen molar-refractivity contribution >= 4 is 88.3 Å². The molecule has 106 valence electrons. The molecule has 18 heavy (non-hydrogen) atoms. The van der Waals surface area contributed by atoms with Crippen LogP contribution in [0, 0.1) is 0 Å². The topological polar surface area (TPSA) is 0 Å². The molecule has 2 unspecified atom stereocenters. The minimum absolute atomic E-state index is 0.994. The van der Waals surface area contributed by atoms with Gasteiger partial charge in [-0.1, -0.05) is 64.8 Å². The molecule has 0 saturated carbocycles. The SMILES string of the molecule is C(CSSCC1CS1)SSCCSSCC1CS1. The Bertz CT molecular complexity index is 184. The van der Waals surface area contributed by atoms with Crippen molar-refractivity contribution < 1.29 is 0 Å². The van der Waals surface area contributed by atoms with Crippen LogP contribution in [0.1, 0.15) is 0 Å². The maximum absolute atomic E-state index is 2.11. The first kappa shape index (κ1) is 17.2. The van der Waals surface area contributed by atoms with Crippen LogP contribution in [0.2, 0.25) is 0 Å². The third-order valence-corrected chi connectivity index (χ3v) is 12.3. The second kappa shape index (κ2) is 11.4. The first-order valence-corrected chi connectivity index (χ1v) is 15.5. The summed E-state index contributed by atoms with van der Waals surface area (Å²) in [6.07, 6.45) is 0. The standard InChI is InChI=1S/C10H18S8/c1(3-15-17-7-9-5-11-9)13-14-2-4-16-18-8-10-6-12-10/h9-10H,1-8H2. The van der Waals surface area contributed by atoms with Gasteiger partial charge in [-0.25, -0.2) is 0 Å². The van der Waals surface area contributed by atoms with Crippen molar-refractivity contribution in [1.29, 1.82) is 0 Å². The molecule has 8 heteroatoms. The zero-order valence-corrected chi connectivity index (χ0v) is 16.6. The molecule has 0 bridgehead atoms. The largest absolute Gasteiger partial charge is 0.156 e. The van der Waals surface area contributed by atoms with Crippen molar-refractivity contribution in [2.24, 2.45) is 0 Å². The predicted octanol–water partition coefficient (Wildman–Crippen LogP) is 5.36. The van der Waals surface area contributed by atoms with Crippen LogP contribution >= 0.6 is 88.3 Å². The summed E-state index contributed by atoms with van der Waals surface area (Å²) in [7, 11) is 12.4. The van der Waals surface area contributed by atoms with E-state index in [-0.39, 0.29) is 0 Å². The molecule has 0 N–H and O–H groups in total. The predicted molar refractivity (Wildman–Crippen MR) is 107 cm³/mol. The molecule has 0 aromatic rings. The Labute approximate surface area is 143 Å². The van der Waals surface area contributed by atoms with Gasteiger partial charge in [0.25, 0.3) is 0 Å². The number of rotatable bonds is 13. The summed E-state index contributed by atoms with van der Waals surface area (Å²) in [6, 6.07) is 0. The highest BCUT2D eigenvalue weighted by Crippen LogP contribution is 2.38. The molecule has 2 fully saturated rings. The van der Waals surface area contributed by atoms with E-state index in [9.17, 15) is 0 Å². The quantitative estimate of drug-likeness (QED) is 0.229. The van der Waals surface area contributed by atoms with Gasteiger partial charge in [-0.15, -0.1) is 0 Å². The van der Waals surface area contributed by atoms with Gasteiger partial charge in [-0.2, -0.15) is 23.5 Å². The van der Waals surface area contributed by atoms with Crippen LogP contribution in [0.4, 0.5) is 0 Å².